The van der Waals surface area contributed by atoms with Crippen LogP contribution in [0.4, 0.5) is 13.2 Å². The van der Waals surface area contributed by atoms with Gasteiger partial charge in [0.15, 0.2) is 5.69 Å². The summed E-state index contributed by atoms with van der Waals surface area (Å²) in [4.78, 5) is 4.10. The third-order valence-corrected chi connectivity index (χ3v) is 6.98. The molecule has 4 nitrogen and oxygen atoms in total. The number of aryl methyl sites for hydroxylation is 3. The SMILES string of the molecule is Cc1cc(C)c(-n2c(Cl)cn3c(CC(CCN)CC4CCC4)c(C(F)(F)F)nc23)c(C)c1. The Morgan fingerprint density at radius 3 is 2.38 bits per heavy atom. The Kier molecular flexibility index (Phi) is 6.34. The zero-order chi connectivity index (χ0) is 23.2. The molecule has 0 saturated heterocycles. The van der Waals surface area contributed by atoms with E-state index in [0.29, 0.717) is 24.0 Å². The van der Waals surface area contributed by atoms with E-state index in [1.165, 1.54) is 10.8 Å². The first-order valence-electron chi connectivity index (χ1n) is 11.2. The van der Waals surface area contributed by atoms with Crippen molar-refractivity contribution in [2.24, 2.45) is 17.6 Å². The first-order chi connectivity index (χ1) is 15.1. The lowest BCUT2D eigenvalue weighted by Crippen LogP contribution is -2.21. The van der Waals surface area contributed by atoms with Crippen LogP contribution >= 0.6 is 11.6 Å². The minimum absolute atomic E-state index is 0.0938. The zero-order valence-corrected chi connectivity index (χ0v) is 19.5. The second-order valence-corrected chi connectivity index (χ2v) is 9.68. The molecule has 1 unspecified atom stereocenters. The maximum Gasteiger partial charge on any atom is 0.435 e. The third-order valence-electron chi connectivity index (χ3n) is 6.72. The lowest BCUT2D eigenvalue weighted by molar-refractivity contribution is -0.141. The molecule has 1 atom stereocenters. The number of halogens is 4. The normalized spacial score (nSPS) is 16.0. The van der Waals surface area contributed by atoms with Gasteiger partial charge in [-0.1, -0.05) is 48.6 Å². The zero-order valence-electron chi connectivity index (χ0n) is 18.8. The molecule has 0 spiro atoms. The van der Waals surface area contributed by atoms with Gasteiger partial charge in [0.2, 0.25) is 5.78 Å². The molecular formula is C24H30ClF3N4. The molecule has 0 amide bonds. The van der Waals surface area contributed by atoms with Crippen LogP contribution in [0.3, 0.4) is 0 Å². The fourth-order valence-electron chi connectivity index (χ4n) is 5.17. The number of hydrogen-bond donors (Lipinski definition) is 1. The largest absolute Gasteiger partial charge is 0.435 e. The van der Waals surface area contributed by atoms with Crippen LogP contribution in [-0.2, 0) is 12.6 Å². The van der Waals surface area contributed by atoms with Crippen LogP contribution in [0.25, 0.3) is 11.5 Å². The van der Waals surface area contributed by atoms with Gasteiger partial charge in [0.1, 0.15) is 5.15 Å². The van der Waals surface area contributed by atoms with Crippen LogP contribution in [0.15, 0.2) is 18.3 Å². The Morgan fingerprint density at radius 1 is 1.19 bits per heavy atom. The highest BCUT2D eigenvalue weighted by Crippen LogP contribution is 2.39. The van der Waals surface area contributed by atoms with Crippen molar-refractivity contribution in [3.05, 3.63) is 51.6 Å². The minimum atomic E-state index is -4.54. The molecule has 0 radical (unpaired) electrons. The van der Waals surface area contributed by atoms with E-state index in [1.54, 1.807) is 10.8 Å². The van der Waals surface area contributed by atoms with Crippen LogP contribution in [0, 0.1) is 32.6 Å². The molecule has 8 heteroatoms. The van der Waals surface area contributed by atoms with Crippen molar-refractivity contribution in [2.45, 2.75) is 65.5 Å². The van der Waals surface area contributed by atoms with E-state index in [2.05, 4.69) is 4.98 Å². The van der Waals surface area contributed by atoms with Gasteiger partial charge in [0.05, 0.1) is 11.4 Å². The van der Waals surface area contributed by atoms with Crippen LogP contribution in [0.2, 0.25) is 5.15 Å². The van der Waals surface area contributed by atoms with Crippen molar-refractivity contribution in [2.75, 3.05) is 6.54 Å². The Morgan fingerprint density at radius 2 is 1.84 bits per heavy atom. The van der Waals surface area contributed by atoms with Crippen molar-refractivity contribution >= 4 is 17.4 Å². The van der Waals surface area contributed by atoms with Gasteiger partial charge < -0.3 is 5.73 Å². The van der Waals surface area contributed by atoms with E-state index in [0.717, 1.165) is 41.6 Å². The molecule has 3 aromatic rings. The van der Waals surface area contributed by atoms with Crippen LogP contribution in [0.1, 0.15) is 60.2 Å². The summed E-state index contributed by atoms with van der Waals surface area (Å²) in [5.74, 6) is 0.883. The average molecular weight is 467 g/mol. The highest BCUT2D eigenvalue weighted by atomic mass is 35.5. The standard InChI is InChI=1S/C24H30ClF3N4/c1-14-9-15(2)21(16(3)10-14)32-20(25)13-31-19(22(24(26,27)28)30-23(31)32)12-18(7-8-29)11-17-5-4-6-17/h9-10,13,17-18H,4-8,11-12,29H2,1-3H3. The molecule has 1 aromatic carbocycles. The van der Waals surface area contributed by atoms with E-state index in [1.807, 2.05) is 32.9 Å². The number of rotatable bonds is 7. The molecule has 2 heterocycles. The molecule has 1 saturated carbocycles. The van der Waals surface area contributed by atoms with Gasteiger partial charge in [-0.05, 0) is 69.5 Å². The van der Waals surface area contributed by atoms with Gasteiger partial charge >= 0.3 is 6.18 Å². The summed E-state index contributed by atoms with van der Waals surface area (Å²) in [7, 11) is 0. The molecule has 0 aliphatic heterocycles. The molecule has 0 bridgehead atoms. The third kappa shape index (κ3) is 4.29. The summed E-state index contributed by atoms with van der Waals surface area (Å²) in [5.41, 5.74) is 8.89. The van der Waals surface area contributed by atoms with Gasteiger partial charge in [0, 0.05) is 6.20 Å². The first kappa shape index (κ1) is 23.2. The first-order valence-corrected chi connectivity index (χ1v) is 11.6. The van der Waals surface area contributed by atoms with Gasteiger partial charge in [-0.15, -0.1) is 0 Å². The quantitative estimate of drug-likeness (QED) is 0.436. The molecule has 174 valence electrons. The van der Waals surface area contributed by atoms with Crippen LogP contribution in [0.5, 0.6) is 0 Å². The second kappa shape index (κ2) is 8.75. The van der Waals surface area contributed by atoms with E-state index in [-0.39, 0.29) is 23.8 Å². The summed E-state index contributed by atoms with van der Waals surface area (Å²) in [6, 6.07) is 4.00. The van der Waals surface area contributed by atoms with E-state index < -0.39 is 11.9 Å². The maximum atomic E-state index is 14.0. The fourth-order valence-corrected chi connectivity index (χ4v) is 5.43. The lowest BCUT2D eigenvalue weighted by Gasteiger charge is -2.29. The summed E-state index contributed by atoms with van der Waals surface area (Å²) in [6.07, 6.45) is 2.44. The van der Waals surface area contributed by atoms with Gasteiger partial charge in [-0.2, -0.15) is 13.2 Å². The van der Waals surface area contributed by atoms with Crippen molar-refractivity contribution in [3.63, 3.8) is 0 Å². The number of hydrogen-bond acceptors (Lipinski definition) is 2. The number of nitrogens with two attached hydrogens (primary N) is 1. The van der Waals surface area contributed by atoms with Gasteiger partial charge in [-0.25, -0.2) is 4.98 Å². The molecule has 32 heavy (non-hydrogen) atoms. The Hall–Kier alpha value is -1.99. The lowest BCUT2D eigenvalue weighted by atomic mass is 9.77. The number of benzene rings is 1. The van der Waals surface area contributed by atoms with Crippen LogP contribution in [-0.4, -0.2) is 20.5 Å². The number of nitrogens with zero attached hydrogens (tertiary/aromatic N) is 3. The summed E-state index contributed by atoms with van der Waals surface area (Å²) < 4.78 is 45.3. The van der Waals surface area contributed by atoms with E-state index >= 15 is 0 Å². The highest BCUT2D eigenvalue weighted by molar-refractivity contribution is 6.30. The van der Waals surface area contributed by atoms with Crippen molar-refractivity contribution in [1.29, 1.82) is 0 Å². The highest BCUT2D eigenvalue weighted by Gasteiger charge is 2.39. The molecule has 2 aromatic heterocycles. The Bertz CT molecular complexity index is 1100. The fraction of sp³-hybridized carbons (Fsp3) is 0.542. The molecular weight excluding hydrogens is 437 g/mol. The summed E-state index contributed by atoms with van der Waals surface area (Å²) in [6.45, 7) is 6.33. The van der Waals surface area contributed by atoms with E-state index in [4.69, 9.17) is 17.3 Å². The predicted octanol–water partition coefficient (Wildman–Crippen LogP) is 6.42. The number of alkyl halides is 3. The topological polar surface area (TPSA) is 48.2 Å². The summed E-state index contributed by atoms with van der Waals surface area (Å²) >= 11 is 6.58. The van der Waals surface area contributed by atoms with Crippen molar-refractivity contribution in [3.8, 4) is 5.69 Å². The smallest absolute Gasteiger partial charge is 0.330 e. The number of fused-ring (bicyclic) bond motifs is 1. The summed E-state index contributed by atoms with van der Waals surface area (Å²) in [5, 5.41) is 0.340. The predicted molar refractivity (Wildman–Crippen MR) is 122 cm³/mol. The Labute approximate surface area is 191 Å². The number of imidazole rings is 2. The van der Waals surface area contributed by atoms with Gasteiger partial charge in [-0.3, -0.25) is 8.97 Å². The molecule has 1 aliphatic carbocycles. The van der Waals surface area contributed by atoms with Crippen LogP contribution < -0.4 is 5.73 Å². The van der Waals surface area contributed by atoms with Crippen molar-refractivity contribution < 1.29 is 13.2 Å². The molecule has 1 fully saturated rings. The van der Waals surface area contributed by atoms with Crippen molar-refractivity contribution in [1.82, 2.24) is 14.0 Å². The molecule has 1 aliphatic rings. The molecule has 2 N–H and O–H groups in total. The second-order valence-electron chi connectivity index (χ2n) is 9.29. The van der Waals surface area contributed by atoms with E-state index in [9.17, 15) is 13.2 Å². The number of aromatic nitrogens is 3. The Balaban J connectivity index is 1.85. The average Bonchev–Trinajstić information content (AvgIpc) is 3.14. The monoisotopic (exact) mass is 466 g/mol. The molecule has 4 rings (SSSR count). The van der Waals surface area contributed by atoms with Gasteiger partial charge in [0.25, 0.3) is 0 Å². The minimum Gasteiger partial charge on any atom is -0.330 e. The maximum absolute atomic E-state index is 14.0.